The lowest BCUT2D eigenvalue weighted by Crippen LogP contribution is -2.31. The minimum atomic E-state index is -0.491. The molecular formula is C15H18BrN3O3. The van der Waals surface area contributed by atoms with E-state index in [-0.39, 0.29) is 16.7 Å². The van der Waals surface area contributed by atoms with Gasteiger partial charge in [-0.2, -0.15) is 5.10 Å². The zero-order valence-corrected chi connectivity index (χ0v) is 14.0. The fraction of sp³-hybridized carbons (Fsp3) is 0.400. The highest BCUT2D eigenvalue weighted by Gasteiger charge is 2.21. The number of carbonyl (C=O) groups excluding carboxylic acids is 2. The van der Waals surface area contributed by atoms with Crippen molar-refractivity contribution in [1.29, 1.82) is 0 Å². The average Bonchev–Trinajstić information content (AvgIpc) is 2.46. The molecule has 0 aliphatic carbocycles. The minimum Gasteiger partial charge on any atom is -0.448 e. The third-order valence-corrected chi connectivity index (χ3v) is 3.39. The lowest BCUT2D eigenvalue weighted by Gasteiger charge is -2.19. The molecule has 118 valence electrons. The van der Waals surface area contributed by atoms with Crippen molar-refractivity contribution < 1.29 is 14.3 Å². The number of anilines is 1. The quantitative estimate of drug-likeness (QED) is 0.802. The van der Waals surface area contributed by atoms with E-state index in [1.807, 2.05) is 26.0 Å². The van der Waals surface area contributed by atoms with Gasteiger partial charge in [0.1, 0.15) is 6.61 Å². The first-order valence-corrected chi connectivity index (χ1v) is 7.92. The van der Waals surface area contributed by atoms with E-state index in [4.69, 9.17) is 4.74 Å². The molecular weight excluding hydrogens is 350 g/mol. The van der Waals surface area contributed by atoms with Crippen molar-refractivity contribution in [1.82, 2.24) is 5.43 Å². The van der Waals surface area contributed by atoms with Gasteiger partial charge in [-0.1, -0.05) is 35.0 Å². The predicted molar refractivity (Wildman–Crippen MR) is 88.3 cm³/mol. The molecule has 0 bridgehead atoms. The maximum Gasteiger partial charge on any atom is 0.411 e. The predicted octanol–water partition coefficient (Wildman–Crippen LogP) is 2.88. The van der Waals surface area contributed by atoms with Crippen molar-refractivity contribution in [3.05, 3.63) is 29.8 Å². The van der Waals surface area contributed by atoms with Crippen LogP contribution in [0.1, 0.15) is 25.8 Å². The Hall–Kier alpha value is -1.89. The maximum atomic E-state index is 11.6. The van der Waals surface area contributed by atoms with Crippen LogP contribution in [-0.4, -0.2) is 29.1 Å². The molecule has 2 atom stereocenters. The number of benzene rings is 1. The SMILES string of the molecule is CC(Br)COC(=O)Nc1ccc(C2=NNC(=O)CC2C)cc1. The summed E-state index contributed by atoms with van der Waals surface area (Å²) in [7, 11) is 0. The first kappa shape index (κ1) is 16.5. The highest BCUT2D eigenvalue weighted by atomic mass is 79.9. The Kier molecular flexibility index (Phi) is 5.54. The Balaban J connectivity index is 1.98. The largest absolute Gasteiger partial charge is 0.448 e. The number of nitrogens with one attached hydrogen (secondary N) is 2. The molecule has 22 heavy (non-hydrogen) atoms. The Morgan fingerprint density at radius 3 is 2.77 bits per heavy atom. The van der Waals surface area contributed by atoms with Crippen LogP contribution in [0, 0.1) is 5.92 Å². The molecule has 2 N–H and O–H groups in total. The van der Waals surface area contributed by atoms with E-state index >= 15 is 0 Å². The second kappa shape index (κ2) is 7.40. The van der Waals surface area contributed by atoms with E-state index in [0.29, 0.717) is 18.7 Å². The molecule has 1 heterocycles. The molecule has 2 rings (SSSR count). The summed E-state index contributed by atoms with van der Waals surface area (Å²) in [6.07, 6.45) is -0.0646. The number of rotatable bonds is 4. The van der Waals surface area contributed by atoms with E-state index in [0.717, 1.165) is 11.3 Å². The Bertz CT molecular complexity index is 584. The maximum absolute atomic E-state index is 11.6. The van der Waals surface area contributed by atoms with Gasteiger partial charge >= 0.3 is 6.09 Å². The number of amides is 2. The van der Waals surface area contributed by atoms with Crippen LogP contribution in [0.4, 0.5) is 10.5 Å². The van der Waals surface area contributed by atoms with Gasteiger partial charge in [0.2, 0.25) is 5.91 Å². The highest BCUT2D eigenvalue weighted by molar-refractivity contribution is 9.09. The van der Waals surface area contributed by atoms with Crippen LogP contribution in [0.15, 0.2) is 29.4 Å². The van der Waals surface area contributed by atoms with Crippen molar-refractivity contribution in [3.8, 4) is 0 Å². The highest BCUT2D eigenvalue weighted by Crippen LogP contribution is 2.18. The van der Waals surface area contributed by atoms with Crippen LogP contribution in [0.2, 0.25) is 0 Å². The summed E-state index contributed by atoms with van der Waals surface area (Å²) in [5.74, 6) is -0.00348. The number of alkyl halides is 1. The lowest BCUT2D eigenvalue weighted by atomic mass is 9.94. The lowest BCUT2D eigenvalue weighted by molar-refractivity contribution is -0.121. The molecule has 2 unspecified atom stereocenters. The van der Waals surface area contributed by atoms with Gasteiger partial charge in [-0.25, -0.2) is 10.2 Å². The fourth-order valence-corrected chi connectivity index (χ4v) is 2.20. The summed E-state index contributed by atoms with van der Waals surface area (Å²) in [6, 6.07) is 7.27. The molecule has 0 saturated heterocycles. The molecule has 7 heteroatoms. The Labute approximate surface area is 137 Å². The molecule has 1 aromatic rings. The van der Waals surface area contributed by atoms with Crippen LogP contribution < -0.4 is 10.7 Å². The Morgan fingerprint density at radius 2 is 2.18 bits per heavy atom. The smallest absolute Gasteiger partial charge is 0.411 e. The normalized spacial score (nSPS) is 19.0. The third-order valence-electron chi connectivity index (χ3n) is 3.13. The molecule has 2 amide bonds. The summed E-state index contributed by atoms with van der Waals surface area (Å²) in [4.78, 5) is 22.9. The van der Waals surface area contributed by atoms with E-state index < -0.39 is 6.09 Å². The van der Waals surface area contributed by atoms with Crippen LogP contribution in [0.3, 0.4) is 0 Å². The summed E-state index contributed by atoms with van der Waals surface area (Å²) in [5.41, 5.74) is 4.88. The van der Waals surface area contributed by atoms with E-state index in [1.165, 1.54) is 0 Å². The van der Waals surface area contributed by atoms with E-state index in [2.05, 4.69) is 31.8 Å². The van der Waals surface area contributed by atoms with Crippen molar-refractivity contribution in [3.63, 3.8) is 0 Å². The number of hydrogen-bond donors (Lipinski definition) is 2. The van der Waals surface area contributed by atoms with Gasteiger partial charge < -0.3 is 4.74 Å². The first-order chi connectivity index (χ1) is 10.5. The summed E-state index contributed by atoms with van der Waals surface area (Å²) < 4.78 is 5.01. The summed E-state index contributed by atoms with van der Waals surface area (Å²) in [5, 5.41) is 6.76. The van der Waals surface area contributed by atoms with E-state index in [9.17, 15) is 9.59 Å². The average molecular weight is 368 g/mol. The molecule has 0 radical (unpaired) electrons. The summed E-state index contributed by atoms with van der Waals surface area (Å²) >= 11 is 3.30. The molecule has 1 aliphatic rings. The van der Waals surface area contributed by atoms with Gasteiger partial charge in [-0.15, -0.1) is 0 Å². The third kappa shape index (κ3) is 4.56. The number of nitrogens with zero attached hydrogens (tertiary/aromatic N) is 1. The topological polar surface area (TPSA) is 79.8 Å². The van der Waals surface area contributed by atoms with Gasteiger partial charge in [0.25, 0.3) is 0 Å². The van der Waals surface area contributed by atoms with Crippen molar-refractivity contribution in [2.24, 2.45) is 11.0 Å². The van der Waals surface area contributed by atoms with Gasteiger partial charge in [0, 0.05) is 22.9 Å². The van der Waals surface area contributed by atoms with Crippen LogP contribution in [0.5, 0.6) is 0 Å². The van der Waals surface area contributed by atoms with Gasteiger partial charge in [-0.3, -0.25) is 10.1 Å². The molecule has 0 fully saturated rings. The van der Waals surface area contributed by atoms with Gasteiger partial charge in [0.15, 0.2) is 0 Å². The second-order valence-corrected chi connectivity index (χ2v) is 6.78. The van der Waals surface area contributed by atoms with Gasteiger partial charge in [0.05, 0.1) is 5.71 Å². The molecule has 0 spiro atoms. The standard InChI is InChI=1S/C15H18BrN3O3/c1-9-7-13(20)18-19-14(9)11-3-5-12(6-4-11)17-15(21)22-8-10(2)16/h3-6,9-10H,7-8H2,1-2H3,(H,17,21)(H,18,20). The molecule has 0 aromatic heterocycles. The number of hydrazone groups is 1. The number of halogens is 1. The Morgan fingerprint density at radius 1 is 1.50 bits per heavy atom. The van der Waals surface area contributed by atoms with Crippen LogP contribution >= 0.6 is 15.9 Å². The summed E-state index contributed by atoms with van der Waals surface area (Å²) in [6.45, 7) is 4.16. The van der Waals surface area contributed by atoms with Crippen LogP contribution in [0.25, 0.3) is 0 Å². The minimum absolute atomic E-state index is 0.0675. The van der Waals surface area contributed by atoms with Crippen LogP contribution in [-0.2, 0) is 9.53 Å². The van der Waals surface area contributed by atoms with Gasteiger partial charge in [-0.05, 0) is 24.6 Å². The molecule has 1 aromatic carbocycles. The number of ether oxygens (including phenoxy) is 1. The fourth-order valence-electron chi connectivity index (χ4n) is 2.07. The monoisotopic (exact) mass is 367 g/mol. The number of carbonyl (C=O) groups is 2. The number of hydrogen-bond acceptors (Lipinski definition) is 4. The first-order valence-electron chi connectivity index (χ1n) is 7.00. The molecule has 6 nitrogen and oxygen atoms in total. The molecule has 1 aliphatic heterocycles. The zero-order chi connectivity index (χ0) is 16.1. The second-order valence-electron chi connectivity index (χ2n) is 5.22. The van der Waals surface area contributed by atoms with Crippen molar-refractivity contribution in [2.75, 3.05) is 11.9 Å². The van der Waals surface area contributed by atoms with Crippen molar-refractivity contribution in [2.45, 2.75) is 25.1 Å². The molecule has 0 saturated carbocycles. The van der Waals surface area contributed by atoms with E-state index in [1.54, 1.807) is 12.1 Å². The van der Waals surface area contributed by atoms with Crippen molar-refractivity contribution >= 4 is 39.3 Å². The zero-order valence-electron chi connectivity index (χ0n) is 12.4.